The number of rotatable bonds is 8. The van der Waals surface area contributed by atoms with Crippen molar-refractivity contribution in [1.29, 1.82) is 0 Å². The van der Waals surface area contributed by atoms with E-state index in [1.54, 1.807) is 19.9 Å². The molecular formula is C27H36O14. The van der Waals surface area contributed by atoms with Crippen molar-refractivity contribution in [2.24, 2.45) is 0 Å². The van der Waals surface area contributed by atoms with Crippen LogP contribution < -0.4 is 9.47 Å². The second kappa shape index (κ2) is 12.6. The van der Waals surface area contributed by atoms with Crippen LogP contribution >= 0.6 is 0 Å². The van der Waals surface area contributed by atoms with Gasteiger partial charge in [0.05, 0.1) is 13.2 Å². The molecule has 10 unspecified atom stereocenters. The molecule has 2 aromatic rings. The minimum absolute atomic E-state index is 0.0407. The van der Waals surface area contributed by atoms with Gasteiger partial charge < -0.3 is 70.0 Å². The first-order valence-corrected chi connectivity index (χ1v) is 13.0. The normalized spacial score (nSPS) is 33.9. The highest BCUT2D eigenvalue weighted by atomic mass is 16.7. The third-order valence-electron chi connectivity index (χ3n) is 7.30. The van der Waals surface area contributed by atoms with E-state index in [-0.39, 0.29) is 35.0 Å². The fourth-order valence-corrected chi connectivity index (χ4v) is 4.88. The number of hydrogen-bond donors (Lipinski definition) is 10. The highest BCUT2D eigenvalue weighted by Gasteiger charge is 2.46. The maximum Gasteiger partial charge on any atom is 0.229 e. The Morgan fingerprint density at radius 3 is 1.66 bits per heavy atom. The number of aliphatic hydroxyl groups is 8. The number of phenolic OH excluding ortho intramolecular Hbond substituents is 2. The molecule has 10 N–H and O–H groups in total. The van der Waals surface area contributed by atoms with Gasteiger partial charge in [-0.1, -0.05) is 0 Å². The Kier molecular flexibility index (Phi) is 9.60. The monoisotopic (exact) mass is 584 g/mol. The quantitative estimate of drug-likeness (QED) is 0.157. The number of phenols is 2. The Morgan fingerprint density at radius 1 is 0.634 bits per heavy atom. The van der Waals surface area contributed by atoms with Gasteiger partial charge in [-0.2, -0.15) is 0 Å². The standard InChI is InChI=1S/C27H36O14/c1-10-3-15(30)14(17(4-10)39-27-25(37)23(35)21(33)19(9-29)41-27)7-13-11(2)5-12(6-16(13)31)38-26-24(36)22(34)20(32)18(8-28)40-26/h3-6,18-37H,7-9H2,1-2H3. The van der Waals surface area contributed by atoms with Gasteiger partial charge in [-0.15, -0.1) is 0 Å². The summed E-state index contributed by atoms with van der Waals surface area (Å²) in [6.45, 7) is 2.03. The molecule has 10 atom stereocenters. The lowest BCUT2D eigenvalue weighted by molar-refractivity contribution is -0.277. The fraction of sp³-hybridized carbons (Fsp3) is 0.556. The van der Waals surface area contributed by atoms with Crippen LogP contribution in [0.1, 0.15) is 22.3 Å². The highest BCUT2D eigenvalue weighted by Crippen LogP contribution is 2.38. The van der Waals surface area contributed by atoms with Gasteiger partial charge in [-0.3, -0.25) is 0 Å². The van der Waals surface area contributed by atoms with Gasteiger partial charge in [0.25, 0.3) is 0 Å². The largest absolute Gasteiger partial charge is 0.508 e. The van der Waals surface area contributed by atoms with Crippen LogP contribution in [0.3, 0.4) is 0 Å². The van der Waals surface area contributed by atoms with Crippen LogP contribution in [0.2, 0.25) is 0 Å². The van der Waals surface area contributed by atoms with Crippen LogP contribution in [0, 0.1) is 13.8 Å². The zero-order valence-corrected chi connectivity index (χ0v) is 22.3. The molecule has 0 amide bonds. The van der Waals surface area contributed by atoms with E-state index in [1.807, 2.05) is 0 Å². The average molecular weight is 585 g/mol. The minimum atomic E-state index is -1.68. The fourth-order valence-electron chi connectivity index (χ4n) is 4.88. The van der Waals surface area contributed by atoms with Crippen LogP contribution in [0.4, 0.5) is 0 Å². The Hall–Kier alpha value is -2.76. The van der Waals surface area contributed by atoms with E-state index < -0.39 is 74.6 Å². The lowest BCUT2D eigenvalue weighted by atomic mass is 9.96. The Labute approximate surface area is 234 Å². The molecule has 2 aliphatic rings. The first-order chi connectivity index (χ1) is 19.4. The molecule has 41 heavy (non-hydrogen) atoms. The predicted octanol–water partition coefficient (Wildman–Crippen LogP) is -2.34. The summed E-state index contributed by atoms with van der Waals surface area (Å²) in [6.07, 6.45) is -15.2. The molecule has 14 heteroatoms. The van der Waals surface area contributed by atoms with Gasteiger partial charge >= 0.3 is 0 Å². The molecule has 0 spiro atoms. The maximum atomic E-state index is 10.9. The Morgan fingerprint density at radius 2 is 1.15 bits per heavy atom. The lowest BCUT2D eigenvalue weighted by Crippen LogP contribution is -2.60. The van der Waals surface area contributed by atoms with Gasteiger partial charge in [0.15, 0.2) is 0 Å². The third kappa shape index (κ3) is 6.36. The Bertz CT molecular complexity index is 1180. The molecule has 228 valence electrons. The lowest BCUT2D eigenvalue weighted by Gasteiger charge is -2.39. The van der Waals surface area contributed by atoms with E-state index in [4.69, 9.17) is 18.9 Å². The molecule has 2 fully saturated rings. The summed E-state index contributed by atoms with van der Waals surface area (Å²) in [5, 5.41) is 101. The smallest absolute Gasteiger partial charge is 0.229 e. The van der Waals surface area contributed by atoms with Gasteiger partial charge in [0, 0.05) is 23.6 Å². The number of benzene rings is 2. The maximum absolute atomic E-state index is 10.9. The van der Waals surface area contributed by atoms with E-state index in [9.17, 15) is 51.1 Å². The molecule has 14 nitrogen and oxygen atoms in total. The summed E-state index contributed by atoms with van der Waals surface area (Å²) in [5.74, 6) is -0.389. The Balaban J connectivity index is 1.58. The molecule has 2 aromatic carbocycles. The van der Waals surface area contributed by atoms with E-state index >= 15 is 0 Å². The molecule has 0 aliphatic carbocycles. The van der Waals surface area contributed by atoms with Crippen molar-refractivity contribution in [3.63, 3.8) is 0 Å². The molecule has 2 heterocycles. The summed E-state index contributed by atoms with van der Waals surface area (Å²) in [4.78, 5) is 0. The van der Waals surface area contributed by atoms with Crippen molar-refractivity contribution in [3.8, 4) is 23.0 Å². The summed E-state index contributed by atoms with van der Waals surface area (Å²) in [7, 11) is 0. The van der Waals surface area contributed by atoms with Crippen LogP contribution in [0.5, 0.6) is 23.0 Å². The molecular weight excluding hydrogens is 548 g/mol. The number of aliphatic hydroxyl groups excluding tert-OH is 8. The van der Waals surface area contributed by atoms with Gasteiger partial charge in [0.2, 0.25) is 12.6 Å². The molecule has 0 aromatic heterocycles. The predicted molar refractivity (Wildman–Crippen MR) is 137 cm³/mol. The van der Waals surface area contributed by atoms with Crippen LogP contribution in [0.15, 0.2) is 24.3 Å². The molecule has 2 aliphatic heterocycles. The molecule has 0 radical (unpaired) electrons. The van der Waals surface area contributed by atoms with Crippen molar-refractivity contribution in [1.82, 2.24) is 0 Å². The highest BCUT2D eigenvalue weighted by molar-refractivity contribution is 5.54. The molecule has 0 bridgehead atoms. The molecule has 2 saturated heterocycles. The SMILES string of the molecule is Cc1cc(O)c(Cc2c(C)cc(OC3OC(CO)C(O)C(O)C3O)cc2O)c(OC2OC(CO)C(O)C(O)C2O)c1. The van der Waals surface area contributed by atoms with Crippen molar-refractivity contribution in [2.45, 2.75) is 81.7 Å². The minimum Gasteiger partial charge on any atom is -0.508 e. The van der Waals surface area contributed by atoms with E-state index in [0.717, 1.165) is 0 Å². The topological polar surface area (TPSA) is 239 Å². The summed E-state index contributed by atoms with van der Waals surface area (Å²) in [5.41, 5.74) is 1.58. The van der Waals surface area contributed by atoms with Gasteiger partial charge in [-0.05, 0) is 43.2 Å². The van der Waals surface area contributed by atoms with Crippen molar-refractivity contribution in [2.75, 3.05) is 13.2 Å². The van der Waals surface area contributed by atoms with Crippen LogP contribution in [0.25, 0.3) is 0 Å². The second-order valence-corrected chi connectivity index (χ2v) is 10.3. The van der Waals surface area contributed by atoms with Gasteiger partial charge in [-0.25, -0.2) is 0 Å². The number of ether oxygens (including phenoxy) is 4. The zero-order valence-electron chi connectivity index (χ0n) is 22.3. The second-order valence-electron chi connectivity index (χ2n) is 10.3. The first-order valence-electron chi connectivity index (χ1n) is 13.0. The summed E-state index contributed by atoms with van der Waals surface area (Å²) < 4.78 is 22.2. The first kappa shape index (κ1) is 31.2. The number of aromatic hydroxyl groups is 2. The van der Waals surface area contributed by atoms with Gasteiger partial charge in [0.1, 0.15) is 71.8 Å². The third-order valence-corrected chi connectivity index (χ3v) is 7.30. The summed E-state index contributed by atoms with van der Waals surface area (Å²) >= 11 is 0. The summed E-state index contributed by atoms with van der Waals surface area (Å²) in [6, 6.07) is 5.71. The van der Waals surface area contributed by atoms with Crippen LogP contribution in [-0.4, -0.2) is 126 Å². The number of aryl methyl sites for hydroxylation is 2. The van der Waals surface area contributed by atoms with E-state index in [1.165, 1.54) is 18.2 Å². The molecule has 0 saturated carbocycles. The zero-order chi connectivity index (χ0) is 30.2. The van der Waals surface area contributed by atoms with Crippen molar-refractivity contribution < 1.29 is 70.0 Å². The molecule has 4 rings (SSSR count). The van der Waals surface area contributed by atoms with Crippen LogP contribution in [-0.2, 0) is 15.9 Å². The van der Waals surface area contributed by atoms with Crippen molar-refractivity contribution >= 4 is 0 Å². The van der Waals surface area contributed by atoms with E-state index in [0.29, 0.717) is 16.7 Å². The average Bonchev–Trinajstić information content (AvgIpc) is 2.92. The number of hydrogen-bond acceptors (Lipinski definition) is 14. The van der Waals surface area contributed by atoms with Crippen molar-refractivity contribution in [3.05, 3.63) is 46.5 Å². The van der Waals surface area contributed by atoms with E-state index in [2.05, 4.69) is 0 Å².